The lowest BCUT2D eigenvalue weighted by Gasteiger charge is -2.14. The van der Waals surface area contributed by atoms with Crippen LogP contribution in [0.5, 0.6) is 5.75 Å². The predicted molar refractivity (Wildman–Crippen MR) is 111 cm³/mol. The number of aromatic nitrogens is 2. The average molecular weight is 408 g/mol. The minimum Gasteiger partial charge on any atom is -0.495 e. The molecule has 2 amide bonds. The third kappa shape index (κ3) is 4.03. The number of hydrogen-bond donors (Lipinski definition) is 3. The number of aryl methyl sites for hydroxylation is 1. The average Bonchev–Trinajstić information content (AvgIpc) is 3.18. The lowest BCUT2D eigenvalue weighted by Crippen LogP contribution is -2.16. The number of methoxy groups -OCH3 is 1. The normalized spacial score (nSPS) is 12.7. The van der Waals surface area contributed by atoms with Crippen LogP contribution in [0.2, 0.25) is 0 Å². The Morgan fingerprint density at radius 2 is 1.90 bits per heavy atom. The van der Waals surface area contributed by atoms with E-state index in [0.29, 0.717) is 22.8 Å². The smallest absolute Gasteiger partial charge is 0.276 e. The number of nitrogens with zero attached hydrogens (tertiary/aromatic N) is 1. The molecule has 1 aliphatic rings. The molecule has 7 nitrogen and oxygen atoms in total. The molecule has 0 saturated carbocycles. The van der Waals surface area contributed by atoms with Gasteiger partial charge >= 0.3 is 0 Å². The highest BCUT2D eigenvalue weighted by Gasteiger charge is 2.22. The van der Waals surface area contributed by atoms with Crippen LogP contribution < -0.4 is 15.4 Å². The Hall–Kier alpha value is -3.68. The summed E-state index contributed by atoms with van der Waals surface area (Å²) in [5.41, 5.74) is 3.38. The maximum Gasteiger partial charge on any atom is 0.276 e. The first-order chi connectivity index (χ1) is 14.5. The molecule has 0 spiro atoms. The van der Waals surface area contributed by atoms with E-state index in [1.807, 2.05) is 0 Å². The predicted octanol–water partition coefficient (Wildman–Crippen LogP) is 3.94. The van der Waals surface area contributed by atoms with Crippen LogP contribution in [0.3, 0.4) is 0 Å². The van der Waals surface area contributed by atoms with E-state index in [9.17, 15) is 14.0 Å². The molecule has 8 heteroatoms. The first kappa shape index (κ1) is 19.6. The Labute approximate surface area is 172 Å². The minimum absolute atomic E-state index is 0.176. The van der Waals surface area contributed by atoms with E-state index in [1.54, 1.807) is 18.2 Å². The SMILES string of the molecule is COc1ccc(NC(=O)c2n[nH]c3c2CCCC3)cc1NC(=O)c1cccc(F)c1. The fraction of sp³-hybridized carbons (Fsp3) is 0.227. The summed E-state index contributed by atoms with van der Waals surface area (Å²) in [6.45, 7) is 0. The van der Waals surface area contributed by atoms with Crippen molar-refractivity contribution in [3.63, 3.8) is 0 Å². The first-order valence-corrected chi connectivity index (χ1v) is 9.67. The van der Waals surface area contributed by atoms with Gasteiger partial charge in [-0.05, 0) is 62.1 Å². The van der Waals surface area contributed by atoms with Gasteiger partial charge in [0, 0.05) is 22.5 Å². The van der Waals surface area contributed by atoms with Crippen LogP contribution in [0.15, 0.2) is 42.5 Å². The zero-order valence-electron chi connectivity index (χ0n) is 16.4. The number of H-pyrrole nitrogens is 1. The van der Waals surface area contributed by atoms with E-state index < -0.39 is 11.7 Å². The van der Waals surface area contributed by atoms with Crippen molar-refractivity contribution in [1.82, 2.24) is 10.2 Å². The Kier molecular flexibility index (Phi) is 5.47. The van der Waals surface area contributed by atoms with Crippen molar-refractivity contribution in [2.24, 2.45) is 0 Å². The lowest BCUT2D eigenvalue weighted by molar-refractivity contribution is 0.101. The van der Waals surface area contributed by atoms with Gasteiger partial charge in [0.25, 0.3) is 11.8 Å². The second-order valence-electron chi connectivity index (χ2n) is 7.07. The molecule has 0 unspecified atom stereocenters. The highest BCUT2D eigenvalue weighted by atomic mass is 19.1. The highest BCUT2D eigenvalue weighted by molar-refractivity contribution is 6.07. The molecule has 4 rings (SSSR count). The fourth-order valence-corrected chi connectivity index (χ4v) is 3.57. The zero-order valence-corrected chi connectivity index (χ0v) is 16.4. The van der Waals surface area contributed by atoms with Crippen LogP contribution in [-0.4, -0.2) is 29.1 Å². The molecular formula is C22H21FN4O3. The summed E-state index contributed by atoms with van der Waals surface area (Å²) < 4.78 is 18.7. The third-order valence-corrected chi connectivity index (χ3v) is 5.06. The maximum atomic E-state index is 13.4. The molecule has 0 aliphatic heterocycles. The van der Waals surface area contributed by atoms with E-state index in [1.165, 1.54) is 25.3 Å². The van der Waals surface area contributed by atoms with E-state index in [2.05, 4.69) is 20.8 Å². The standard InChI is InChI=1S/C22H21FN4O3/c1-30-19-10-9-15(12-18(19)25-21(28)13-5-4-6-14(23)11-13)24-22(29)20-16-7-2-3-8-17(16)26-27-20/h4-6,9-12H,2-3,7-8H2,1H3,(H,24,29)(H,25,28)(H,26,27). The number of hydrogen-bond acceptors (Lipinski definition) is 4. The number of anilines is 2. The van der Waals surface area contributed by atoms with E-state index in [-0.39, 0.29) is 11.5 Å². The number of nitrogens with one attached hydrogen (secondary N) is 3. The molecule has 0 fully saturated rings. The number of carbonyl (C=O) groups excluding carboxylic acids is 2. The van der Waals surface area contributed by atoms with Gasteiger partial charge in [-0.25, -0.2) is 4.39 Å². The number of aromatic amines is 1. The van der Waals surface area contributed by atoms with Crippen molar-refractivity contribution in [3.05, 3.63) is 70.8 Å². The molecule has 0 radical (unpaired) electrons. The second kappa shape index (κ2) is 8.36. The number of amides is 2. The molecule has 3 aromatic rings. The van der Waals surface area contributed by atoms with Crippen molar-refractivity contribution in [3.8, 4) is 5.75 Å². The van der Waals surface area contributed by atoms with E-state index in [4.69, 9.17) is 4.74 Å². The van der Waals surface area contributed by atoms with Gasteiger partial charge in [0.15, 0.2) is 5.69 Å². The molecule has 0 saturated heterocycles. The Morgan fingerprint density at radius 3 is 2.70 bits per heavy atom. The quantitative estimate of drug-likeness (QED) is 0.596. The van der Waals surface area contributed by atoms with Gasteiger partial charge in [-0.3, -0.25) is 14.7 Å². The van der Waals surface area contributed by atoms with Gasteiger partial charge in [-0.2, -0.15) is 5.10 Å². The molecule has 30 heavy (non-hydrogen) atoms. The lowest BCUT2D eigenvalue weighted by atomic mass is 9.96. The number of rotatable bonds is 5. The maximum absolute atomic E-state index is 13.4. The van der Waals surface area contributed by atoms with Gasteiger partial charge in [0.1, 0.15) is 11.6 Å². The second-order valence-corrected chi connectivity index (χ2v) is 7.07. The van der Waals surface area contributed by atoms with Crippen molar-refractivity contribution in [2.45, 2.75) is 25.7 Å². The van der Waals surface area contributed by atoms with Crippen molar-refractivity contribution in [1.29, 1.82) is 0 Å². The zero-order chi connectivity index (χ0) is 21.1. The summed E-state index contributed by atoms with van der Waals surface area (Å²) in [6, 6.07) is 10.3. The van der Waals surface area contributed by atoms with Crippen LogP contribution in [0.25, 0.3) is 0 Å². The fourth-order valence-electron chi connectivity index (χ4n) is 3.57. The van der Waals surface area contributed by atoms with E-state index >= 15 is 0 Å². The van der Waals surface area contributed by atoms with Crippen LogP contribution in [-0.2, 0) is 12.8 Å². The van der Waals surface area contributed by atoms with Crippen LogP contribution in [0, 0.1) is 5.82 Å². The van der Waals surface area contributed by atoms with Crippen molar-refractivity contribution >= 4 is 23.2 Å². The van der Waals surface area contributed by atoms with Gasteiger partial charge in [-0.15, -0.1) is 0 Å². The van der Waals surface area contributed by atoms with Gasteiger partial charge in [0.2, 0.25) is 0 Å². The van der Waals surface area contributed by atoms with E-state index in [0.717, 1.165) is 43.0 Å². The molecule has 0 bridgehead atoms. The summed E-state index contributed by atoms with van der Waals surface area (Å²) in [5.74, 6) is -0.896. The van der Waals surface area contributed by atoms with Gasteiger partial charge in [0.05, 0.1) is 12.8 Å². The van der Waals surface area contributed by atoms with Crippen molar-refractivity contribution < 1.29 is 18.7 Å². The molecule has 154 valence electrons. The minimum atomic E-state index is -0.502. The number of fused-ring (bicyclic) bond motifs is 1. The molecule has 2 aromatic carbocycles. The third-order valence-electron chi connectivity index (χ3n) is 5.06. The Bertz CT molecular complexity index is 1110. The summed E-state index contributed by atoms with van der Waals surface area (Å²) in [5, 5.41) is 12.7. The number of ether oxygens (including phenoxy) is 1. The van der Waals surface area contributed by atoms with Crippen LogP contribution in [0.1, 0.15) is 44.9 Å². The molecule has 1 aliphatic carbocycles. The summed E-state index contributed by atoms with van der Waals surface area (Å²) in [7, 11) is 1.47. The van der Waals surface area contributed by atoms with Gasteiger partial charge in [-0.1, -0.05) is 6.07 Å². The molecule has 3 N–H and O–H groups in total. The van der Waals surface area contributed by atoms with Crippen LogP contribution in [0.4, 0.5) is 15.8 Å². The van der Waals surface area contributed by atoms with Crippen molar-refractivity contribution in [2.75, 3.05) is 17.7 Å². The number of halogens is 1. The van der Waals surface area contributed by atoms with Gasteiger partial charge < -0.3 is 15.4 Å². The monoisotopic (exact) mass is 408 g/mol. The molecular weight excluding hydrogens is 387 g/mol. The Balaban J connectivity index is 1.54. The molecule has 1 heterocycles. The number of carbonyl (C=O) groups is 2. The molecule has 0 atom stereocenters. The molecule has 1 aromatic heterocycles. The topological polar surface area (TPSA) is 96.1 Å². The number of benzene rings is 2. The largest absolute Gasteiger partial charge is 0.495 e. The van der Waals surface area contributed by atoms with Crippen LogP contribution >= 0.6 is 0 Å². The first-order valence-electron chi connectivity index (χ1n) is 9.67. The summed E-state index contributed by atoms with van der Waals surface area (Å²) in [4.78, 5) is 25.2. The summed E-state index contributed by atoms with van der Waals surface area (Å²) in [6.07, 6.45) is 3.84. The Morgan fingerprint density at radius 1 is 1.07 bits per heavy atom. The highest BCUT2D eigenvalue weighted by Crippen LogP contribution is 2.29. The summed E-state index contributed by atoms with van der Waals surface area (Å²) >= 11 is 0.